The molecule has 5 nitrogen and oxygen atoms in total. The van der Waals surface area contributed by atoms with Crippen LogP contribution < -0.4 is 10.5 Å². The van der Waals surface area contributed by atoms with E-state index in [1.54, 1.807) is 48.5 Å². The number of nitrogens with two attached hydrogens (primary N) is 1. The lowest BCUT2D eigenvalue weighted by atomic mass is 10.0. The minimum Gasteiger partial charge on any atom is -0.496 e. The molecule has 1 aromatic heterocycles. The van der Waals surface area contributed by atoms with Crippen LogP contribution in [0, 0.1) is 11.6 Å². The van der Waals surface area contributed by atoms with Gasteiger partial charge in [-0.1, -0.05) is 36.4 Å². The van der Waals surface area contributed by atoms with Gasteiger partial charge in [-0.2, -0.15) is 0 Å². The van der Waals surface area contributed by atoms with E-state index in [1.165, 1.54) is 19.2 Å². The third-order valence-corrected chi connectivity index (χ3v) is 6.66. The van der Waals surface area contributed by atoms with Crippen molar-refractivity contribution in [2.45, 2.75) is 10.9 Å². The van der Waals surface area contributed by atoms with E-state index in [0.29, 0.717) is 10.9 Å². The molecule has 8 heteroatoms. The van der Waals surface area contributed by atoms with E-state index in [0.717, 1.165) is 16.1 Å². The third-order valence-electron chi connectivity index (χ3n) is 4.90. The Hall–Kier alpha value is -3.23. The number of aromatic nitrogens is 1. The highest BCUT2D eigenvalue weighted by Crippen LogP contribution is 2.35. The highest BCUT2D eigenvalue weighted by Gasteiger charge is 2.28. The Morgan fingerprint density at radius 2 is 1.57 bits per heavy atom. The molecule has 0 bridgehead atoms. The molecule has 0 amide bonds. The van der Waals surface area contributed by atoms with Crippen molar-refractivity contribution < 1.29 is 21.9 Å². The van der Waals surface area contributed by atoms with Crippen molar-refractivity contribution in [1.29, 1.82) is 0 Å². The fourth-order valence-electron chi connectivity index (χ4n) is 3.46. The van der Waals surface area contributed by atoms with E-state index in [4.69, 9.17) is 10.5 Å². The van der Waals surface area contributed by atoms with Crippen LogP contribution in [0.1, 0.15) is 17.3 Å². The molecule has 0 spiro atoms. The van der Waals surface area contributed by atoms with Gasteiger partial charge >= 0.3 is 0 Å². The maximum atomic E-state index is 14.0. The Morgan fingerprint density at radius 3 is 2.27 bits per heavy atom. The number of hydrogen-bond acceptors (Lipinski definition) is 4. The molecule has 3 aromatic carbocycles. The zero-order valence-corrected chi connectivity index (χ0v) is 16.7. The standard InChI is InChI=1S/C22H18F2N2O3S/c1-29-21-13-18(24)17(23)12-16(21)22(25)20-11-14-7-5-6-10-19(14)26(20)30(27,28)15-8-3-2-4-9-15/h2-13,22H,25H2,1H3. The second-order valence-corrected chi connectivity index (χ2v) is 8.48. The van der Waals surface area contributed by atoms with Crippen LogP contribution in [-0.2, 0) is 10.0 Å². The Kier molecular flexibility index (Phi) is 5.05. The Labute approximate surface area is 172 Å². The van der Waals surface area contributed by atoms with Crippen LogP contribution in [0.15, 0.2) is 77.7 Å². The molecular formula is C22H18F2N2O3S. The van der Waals surface area contributed by atoms with Crippen molar-refractivity contribution in [3.63, 3.8) is 0 Å². The number of rotatable bonds is 5. The van der Waals surface area contributed by atoms with Crippen molar-refractivity contribution in [1.82, 2.24) is 3.97 Å². The third kappa shape index (κ3) is 3.24. The van der Waals surface area contributed by atoms with Gasteiger partial charge in [0.15, 0.2) is 11.6 Å². The molecule has 0 aliphatic rings. The fourth-order valence-corrected chi connectivity index (χ4v) is 5.04. The average molecular weight is 428 g/mol. The van der Waals surface area contributed by atoms with Gasteiger partial charge in [0.2, 0.25) is 0 Å². The van der Waals surface area contributed by atoms with E-state index in [2.05, 4.69) is 0 Å². The van der Waals surface area contributed by atoms with E-state index < -0.39 is 27.7 Å². The largest absolute Gasteiger partial charge is 0.496 e. The number of fused-ring (bicyclic) bond motifs is 1. The predicted molar refractivity (Wildman–Crippen MR) is 110 cm³/mol. The van der Waals surface area contributed by atoms with Crippen molar-refractivity contribution in [2.24, 2.45) is 5.73 Å². The quantitative estimate of drug-likeness (QED) is 0.517. The molecule has 0 fully saturated rings. The number of benzene rings is 3. The minimum atomic E-state index is -4.02. The lowest BCUT2D eigenvalue weighted by Crippen LogP contribution is -2.22. The molecule has 1 atom stereocenters. The highest BCUT2D eigenvalue weighted by atomic mass is 32.2. The zero-order chi connectivity index (χ0) is 21.5. The smallest absolute Gasteiger partial charge is 0.268 e. The molecule has 0 saturated carbocycles. The molecule has 4 aromatic rings. The first-order valence-corrected chi connectivity index (χ1v) is 10.5. The van der Waals surface area contributed by atoms with Gasteiger partial charge in [-0.25, -0.2) is 21.2 Å². The first-order valence-electron chi connectivity index (χ1n) is 9.04. The zero-order valence-electron chi connectivity index (χ0n) is 15.9. The first-order chi connectivity index (χ1) is 14.3. The molecule has 4 rings (SSSR count). The van der Waals surface area contributed by atoms with E-state index >= 15 is 0 Å². The van der Waals surface area contributed by atoms with Crippen LogP contribution in [0.3, 0.4) is 0 Å². The number of para-hydroxylation sites is 1. The summed E-state index contributed by atoms with van der Waals surface area (Å²) in [5.41, 5.74) is 7.15. The van der Waals surface area contributed by atoms with Crippen LogP contribution >= 0.6 is 0 Å². The summed E-state index contributed by atoms with van der Waals surface area (Å²) >= 11 is 0. The Bertz CT molecular complexity index is 1340. The summed E-state index contributed by atoms with van der Waals surface area (Å²) in [6.45, 7) is 0. The molecule has 154 valence electrons. The summed E-state index contributed by atoms with van der Waals surface area (Å²) < 4.78 is 60.9. The van der Waals surface area contributed by atoms with Gasteiger partial charge in [0.05, 0.1) is 29.3 Å². The molecule has 1 heterocycles. The van der Waals surface area contributed by atoms with Crippen molar-refractivity contribution >= 4 is 20.9 Å². The maximum absolute atomic E-state index is 14.0. The topological polar surface area (TPSA) is 74.3 Å². The second kappa shape index (κ2) is 7.55. The van der Waals surface area contributed by atoms with Gasteiger partial charge in [0, 0.05) is 17.0 Å². The van der Waals surface area contributed by atoms with Crippen molar-refractivity contribution in [3.8, 4) is 5.75 Å². The predicted octanol–water partition coefficient (Wildman–Crippen LogP) is 4.21. The number of nitrogens with zero attached hydrogens (tertiary/aromatic N) is 1. The molecule has 1 unspecified atom stereocenters. The van der Waals surface area contributed by atoms with Gasteiger partial charge in [-0.15, -0.1) is 0 Å². The molecule has 0 radical (unpaired) electrons. The lowest BCUT2D eigenvalue weighted by molar-refractivity contribution is 0.398. The monoisotopic (exact) mass is 428 g/mol. The summed E-state index contributed by atoms with van der Waals surface area (Å²) in [5, 5.41) is 0.643. The molecule has 0 aliphatic carbocycles. The summed E-state index contributed by atoms with van der Waals surface area (Å²) in [6.07, 6.45) is 0. The van der Waals surface area contributed by atoms with Crippen LogP contribution in [0.4, 0.5) is 8.78 Å². The fraction of sp³-hybridized carbons (Fsp3) is 0.0909. The van der Waals surface area contributed by atoms with Gasteiger partial charge in [-0.05, 0) is 30.3 Å². The van der Waals surface area contributed by atoms with Gasteiger partial charge in [-0.3, -0.25) is 0 Å². The van der Waals surface area contributed by atoms with Crippen LogP contribution in [0.25, 0.3) is 10.9 Å². The Morgan fingerprint density at radius 1 is 0.933 bits per heavy atom. The van der Waals surface area contributed by atoms with Crippen LogP contribution in [0.5, 0.6) is 5.75 Å². The minimum absolute atomic E-state index is 0.0234. The van der Waals surface area contributed by atoms with Crippen molar-refractivity contribution in [3.05, 3.63) is 95.7 Å². The number of ether oxygens (including phenoxy) is 1. The summed E-state index contributed by atoms with van der Waals surface area (Å²) in [4.78, 5) is 0.0806. The first kappa shape index (κ1) is 20.1. The van der Waals surface area contributed by atoms with Crippen LogP contribution in [-0.4, -0.2) is 19.5 Å². The second-order valence-electron chi connectivity index (χ2n) is 6.70. The normalized spacial score (nSPS) is 12.8. The van der Waals surface area contributed by atoms with Crippen LogP contribution in [0.2, 0.25) is 0 Å². The van der Waals surface area contributed by atoms with E-state index in [9.17, 15) is 17.2 Å². The number of halogens is 2. The van der Waals surface area contributed by atoms with Gasteiger partial charge in [0.25, 0.3) is 10.0 Å². The summed E-state index contributed by atoms with van der Waals surface area (Å²) in [5.74, 6) is -2.16. The number of hydrogen-bond donors (Lipinski definition) is 1. The van der Waals surface area contributed by atoms with E-state index in [1.807, 2.05) is 0 Å². The maximum Gasteiger partial charge on any atom is 0.268 e. The molecule has 2 N–H and O–H groups in total. The Balaban J connectivity index is 2.00. The van der Waals surface area contributed by atoms with Gasteiger partial charge < -0.3 is 10.5 Å². The van der Waals surface area contributed by atoms with E-state index in [-0.39, 0.29) is 21.9 Å². The summed E-state index contributed by atoms with van der Waals surface area (Å²) in [6, 6.07) is 17.2. The van der Waals surface area contributed by atoms with Crippen molar-refractivity contribution in [2.75, 3.05) is 7.11 Å². The summed E-state index contributed by atoms with van der Waals surface area (Å²) in [7, 11) is -2.71. The molecule has 0 aliphatic heterocycles. The molecular weight excluding hydrogens is 410 g/mol. The SMILES string of the molecule is COc1cc(F)c(F)cc1C(N)c1cc2ccccc2n1S(=O)(=O)c1ccccc1. The highest BCUT2D eigenvalue weighted by molar-refractivity contribution is 7.90. The lowest BCUT2D eigenvalue weighted by Gasteiger charge is -2.19. The molecule has 0 saturated heterocycles. The average Bonchev–Trinajstić information content (AvgIpc) is 3.16. The molecule has 30 heavy (non-hydrogen) atoms. The van der Waals surface area contributed by atoms with Gasteiger partial charge in [0.1, 0.15) is 5.75 Å². The number of methoxy groups -OCH3 is 1.